The maximum absolute atomic E-state index is 13.2. The first-order chi connectivity index (χ1) is 9.52. The van der Waals surface area contributed by atoms with Gasteiger partial charge in [-0.1, -0.05) is 0 Å². The molecule has 2 aromatic rings. The first-order valence-electron chi connectivity index (χ1n) is 5.45. The largest absolute Gasteiger partial charge is 0.465 e. The van der Waals surface area contributed by atoms with Gasteiger partial charge in [-0.2, -0.15) is 0 Å². The van der Waals surface area contributed by atoms with Gasteiger partial charge in [-0.15, -0.1) is 0 Å². The van der Waals surface area contributed by atoms with Crippen molar-refractivity contribution >= 4 is 33.5 Å². The van der Waals surface area contributed by atoms with Crippen LogP contribution in [0.2, 0.25) is 0 Å². The number of carbonyl (C=O) groups excluding carboxylic acids is 2. The summed E-state index contributed by atoms with van der Waals surface area (Å²) in [6.07, 6.45) is 1.34. The Morgan fingerprint density at radius 3 is 2.65 bits per heavy atom. The number of ether oxygens (including phenoxy) is 1. The summed E-state index contributed by atoms with van der Waals surface area (Å²) in [5.41, 5.74) is 0.335. The fraction of sp³-hybridized carbons (Fsp3) is 0.0769. The molecule has 0 aliphatic heterocycles. The summed E-state index contributed by atoms with van der Waals surface area (Å²) in [6, 6.07) is 4.87. The quantitative estimate of drug-likeness (QED) is 0.870. The zero-order valence-electron chi connectivity index (χ0n) is 10.3. The van der Waals surface area contributed by atoms with E-state index in [1.165, 1.54) is 25.5 Å². The van der Waals surface area contributed by atoms with Crippen LogP contribution in [0.4, 0.5) is 10.1 Å². The molecule has 0 atom stereocenters. The first kappa shape index (κ1) is 14.3. The Morgan fingerprint density at radius 2 is 2.05 bits per heavy atom. The van der Waals surface area contributed by atoms with E-state index in [9.17, 15) is 14.0 Å². The standard InChI is InChI=1S/C13H9BrFNO4/c1-19-13(18)9-6-7(15)2-3-10(9)16-12(17)8-4-5-20-11(8)14/h2-6H,1H3,(H,16,17). The summed E-state index contributed by atoms with van der Waals surface area (Å²) in [7, 11) is 1.17. The number of rotatable bonds is 3. The van der Waals surface area contributed by atoms with E-state index in [-0.39, 0.29) is 21.5 Å². The molecule has 7 heteroatoms. The highest BCUT2D eigenvalue weighted by Crippen LogP contribution is 2.22. The predicted molar refractivity (Wildman–Crippen MR) is 72.1 cm³/mol. The molecule has 0 unspecified atom stereocenters. The summed E-state index contributed by atoms with van der Waals surface area (Å²) in [6.45, 7) is 0. The average Bonchev–Trinajstić information content (AvgIpc) is 2.86. The zero-order chi connectivity index (χ0) is 14.7. The topological polar surface area (TPSA) is 68.5 Å². The Balaban J connectivity index is 2.32. The number of amides is 1. The molecule has 104 valence electrons. The molecule has 0 fully saturated rings. The SMILES string of the molecule is COC(=O)c1cc(F)ccc1NC(=O)c1ccoc1Br. The van der Waals surface area contributed by atoms with Crippen LogP contribution in [-0.4, -0.2) is 19.0 Å². The number of furan rings is 1. The zero-order valence-corrected chi connectivity index (χ0v) is 11.9. The molecule has 1 aromatic heterocycles. The van der Waals surface area contributed by atoms with Gasteiger partial charge >= 0.3 is 5.97 Å². The van der Waals surface area contributed by atoms with E-state index in [4.69, 9.17) is 4.42 Å². The normalized spacial score (nSPS) is 10.2. The van der Waals surface area contributed by atoms with Crippen molar-refractivity contribution in [3.63, 3.8) is 0 Å². The van der Waals surface area contributed by atoms with E-state index in [0.29, 0.717) is 0 Å². The Kier molecular flexibility index (Phi) is 4.19. The van der Waals surface area contributed by atoms with Crippen molar-refractivity contribution in [1.82, 2.24) is 0 Å². The number of hydrogen-bond acceptors (Lipinski definition) is 4. The number of anilines is 1. The lowest BCUT2D eigenvalue weighted by molar-refractivity contribution is 0.0601. The molecule has 1 amide bonds. The highest BCUT2D eigenvalue weighted by atomic mass is 79.9. The minimum atomic E-state index is -0.744. The third-order valence-electron chi connectivity index (χ3n) is 2.50. The fourth-order valence-electron chi connectivity index (χ4n) is 1.55. The highest BCUT2D eigenvalue weighted by molar-refractivity contribution is 9.10. The van der Waals surface area contributed by atoms with E-state index < -0.39 is 17.7 Å². The second-order valence-corrected chi connectivity index (χ2v) is 4.46. The number of esters is 1. The van der Waals surface area contributed by atoms with Gasteiger partial charge in [0.05, 0.1) is 30.2 Å². The lowest BCUT2D eigenvalue weighted by Gasteiger charge is -2.09. The molecule has 0 saturated carbocycles. The van der Waals surface area contributed by atoms with Crippen molar-refractivity contribution in [1.29, 1.82) is 0 Å². The van der Waals surface area contributed by atoms with Crippen LogP contribution in [0, 0.1) is 5.82 Å². The Hall–Kier alpha value is -2.15. The van der Waals surface area contributed by atoms with Gasteiger partial charge in [0.15, 0.2) is 4.67 Å². The molecule has 2 rings (SSSR count). The fourth-order valence-corrected chi connectivity index (χ4v) is 1.97. The van der Waals surface area contributed by atoms with Gasteiger partial charge in [0.25, 0.3) is 5.91 Å². The van der Waals surface area contributed by atoms with Crippen molar-refractivity contribution in [2.75, 3.05) is 12.4 Å². The summed E-state index contributed by atoms with van der Waals surface area (Å²) >= 11 is 3.07. The number of benzene rings is 1. The van der Waals surface area contributed by atoms with Crippen LogP contribution < -0.4 is 5.32 Å². The van der Waals surface area contributed by atoms with Gasteiger partial charge < -0.3 is 14.5 Å². The van der Waals surface area contributed by atoms with Crippen LogP contribution in [0.3, 0.4) is 0 Å². The molecule has 0 aliphatic rings. The average molecular weight is 342 g/mol. The predicted octanol–water partition coefficient (Wildman–Crippen LogP) is 3.22. The number of methoxy groups -OCH3 is 1. The van der Waals surface area contributed by atoms with Crippen molar-refractivity contribution in [3.8, 4) is 0 Å². The summed E-state index contributed by atoms with van der Waals surface area (Å²) in [5.74, 6) is -1.85. The molecule has 1 aromatic carbocycles. The minimum absolute atomic E-state index is 0.0690. The van der Waals surface area contributed by atoms with Crippen LogP contribution in [0.25, 0.3) is 0 Å². The lowest BCUT2D eigenvalue weighted by Crippen LogP contribution is -2.15. The second kappa shape index (κ2) is 5.87. The van der Waals surface area contributed by atoms with Gasteiger partial charge in [-0.25, -0.2) is 9.18 Å². The molecule has 1 heterocycles. The van der Waals surface area contributed by atoms with Crippen LogP contribution in [0.5, 0.6) is 0 Å². The van der Waals surface area contributed by atoms with Crippen LogP contribution in [-0.2, 0) is 4.74 Å². The molecule has 0 spiro atoms. The molecular weight excluding hydrogens is 333 g/mol. The third kappa shape index (κ3) is 2.88. The maximum Gasteiger partial charge on any atom is 0.340 e. The van der Waals surface area contributed by atoms with Crippen LogP contribution in [0.15, 0.2) is 39.6 Å². The Bertz CT molecular complexity index is 668. The van der Waals surface area contributed by atoms with Gasteiger partial charge in [-0.3, -0.25) is 4.79 Å². The van der Waals surface area contributed by atoms with Gasteiger partial charge in [0.1, 0.15) is 5.82 Å². The van der Waals surface area contributed by atoms with Gasteiger partial charge in [-0.05, 0) is 40.2 Å². The second-order valence-electron chi connectivity index (χ2n) is 3.74. The van der Waals surface area contributed by atoms with E-state index in [0.717, 1.165) is 12.1 Å². The van der Waals surface area contributed by atoms with E-state index in [2.05, 4.69) is 26.0 Å². The number of hydrogen-bond donors (Lipinski definition) is 1. The van der Waals surface area contributed by atoms with Crippen molar-refractivity contribution in [2.45, 2.75) is 0 Å². The highest BCUT2D eigenvalue weighted by Gasteiger charge is 2.18. The molecule has 0 aliphatic carbocycles. The monoisotopic (exact) mass is 341 g/mol. The van der Waals surface area contributed by atoms with Gasteiger partial charge in [0, 0.05) is 0 Å². The van der Waals surface area contributed by atoms with Crippen molar-refractivity contribution < 1.29 is 23.1 Å². The third-order valence-corrected chi connectivity index (χ3v) is 3.11. The molecular formula is C13H9BrFNO4. The molecule has 5 nitrogen and oxygen atoms in total. The number of carbonyl (C=O) groups is 2. The van der Waals surface area contributed by atoms with Crippen molar-refractivity contribution in [2.24, 2.45) is 0 Å². The van der Waals surface area contributed by atoms with Crippen molar-refractivity contribution in [3.05, 3.63) is 52.1 Å². The lowest BCUT2D eigenvalue weighted by atomic mass is 10.1. The Labute approximate surface area is 121 Å². The van der Waals surface area contributed by atoms with Crippen LogP contribution >= 0.6 is 15.9 Å². The molecule has 0 saturated heterocycles. The van der Waals surface area contributed by atoms with E-state index in [1.807, 2.05) is 0 Å². The van der Waals surface area contributed by atoms with E-state index >= 15 is 0 Å². The number of halogens is 2. The Morgan fingerprint density at radius 1 is 1.30 bits per heavy atom. The maximum atomic E-state index is 13.2. The first-order valence-corrected chi connectivity index (χ1v) is 6.24. The molecule has 1 N–H and O–H groups in total. The minimum Gasteiger partial charge on any atom is -0.465 e. The van der Waals surface area contributed by atoms with Gasteiger partial charge in [0.2, 0.25) is 0 Å². The summed E-state index contributed by atoms with van der Waals surface area (Å²) in [5, 5.41) is 2.50. The smallest absolute Gasteiger partial charge is 0.340 e. The number of nitrogens with one attached hydrogen (secondary N) is 1. The molecule has 20 heavy (non-hydrogen) atoms. The molecule has 0 bridgehead atoms. The summed E-state index contributed by atoms with van der Waals surface area (Å²) < 4.78 is 22.9. The van der Waals surface area contributed by atoms with Crippen LogP contribution in [0.1, 0.15) is 20.7 Å². The molecule has 0 radical (unpaired) electrons. The van der Waals surface area contributed by atoms with E-state index in [1.54, 1.807) is 0 Å². The summed E-state index contributed by atoms with van der Waals surface area (Å²) in [4.78, 5) is 23.6.